The van der Waals surface area contributed by atoms with Crippen molar-refractivity contribution in [3.63, 3.8) is 0 Å². The van der Waals surface area contributed by atoms with E-state index in [0.29, 0.717) is 0 Å². The molecule has 32 heavy (non-hydrogen) atoms. The van der Waals surface area contributed by atoms with Crippen molar-refractivity contribution in [1.82, 2.24) is 14.5 Å². The van der Waals surface area contributed by atoms with Crippen LogP contribution in [-0.2, 0) is 13.0 Å². The lowest BCUT2D eigenvalue weighted by atomic mass is 10.1. The zero-order chi connectivity index (χ0) is 21.8. The SMILES string of the molecule is COc1ccc(CCN2CCN(c3nc4ccccc4n3Cc3ccccc3)CC2)cc1. The van der Waals surface area contributed by atoms with Gasteiger partial charge in [-0.2, -0.15) is 0 Å². The molecule has 5 nitrogen and oxygen atoms in total. The quantitative estimate of drug-likeness (QED) is 0.437. The van der Waals surface area contributed by atoms with Crippen LogP contribution >= 0.6 is 0 Å². The number of rotatable bonds is 7. The van der Waals surface area contributed by atoms with Crippen LogP contribution in [0.15, 0.2) is 78.9 Å². The van der Waals surface area contributed by atoms with Gasteiger partial charge in [0.25, 0.3) is 0 Å². The number of imidazole rings is 1. The molecule has 164 valence electrons. The predicted octanol–water partition coefficient (Wildman–Crippen LogP) is 4.46. The van der Waals surface area contributed by atoms with E-state index in [4.69, 9.17) is 9.72 Å². The number of anilines is 1. The highest BCUT2D eigenvalue weighted by Gasteiger charge is 2.22. The molecular formula is C27H30N4O. The van der Waals surface area contributed by atoms with Gasteiger partial charge in [0.2, 0.25) is 5.95 Å². The van der Waals surface area contributed by atoms with Crippen molar-refractivity contribution >= 4 is 17.0 Å². The second-order valence-electron chi connectivity index (χ2n) is 8.40. The third-order valence-corrected chi connectivity index (χ3v) is 6.35. The second-order valence-corrected chi connectivity index (χ2v) is 8.40. The van der Waals surface area contributed by atoms with E-state index < -0.39 is 0 Å². The minimum absolute atomic E-state index is 0.842. The highest BCUT2D eigenvalue weighted by molar-refractivity contribution is 5.79. The summed E-state index contributed by atoms with van der Waals surface area (Å²) in [6.45, 7) is 6.05. The van der Waals surface area contributed by atoms with Crippen LogP contribution < -0.4 is 9.64 Å². The molecule has 3 aromatic carbocycles. The van der Waals surface area contributed by atoms with E-state index in [9.17, 15) is 0 Å². The molecule has 2 heterocycles. The molecule has 5 heteroatoms. The summed E-state index contributed by atoms with van der Waals surface area (Å²) in [5.74, 6) is 2.01. The standard InChI is InChI=1S/C27H30N4O/c1-32-24-13-11-22(12-14-24)15-16-29-17-19-30(20-18-29)27-28-25-9-5-6-10-26(25)31(27)21-23-7-3-2-4-8-23/h2-14H,15-21H2,1H3. The fraction of sp³-hybridized carbons (Fsp3) is 0.296. The predicted molar refractivity (Wildman–Crippen MR) is 131 cm³/mol. The van der Waals surface area contributed by atoms with Crippen molar-refractivity contribution in [1.29, 1.82) is 0 Å². The zero-order valence-electron chi connectivity index (χ0n) is 18.7. The smallest absolute Gasteiger partial charge is 0.206 e. The van der Waals surface area contributed by atoms with Gasteiger partial charge in [0.05, 0.1) is 24.7 Å². The van der Waals surface area contributed by atoms with Gasteiger partial charge < -0.3 is 14.2 Å². The van der Waals surface area contributed by atoms with Gasteiger partial charge in [0.15, 0.2) is 0 Å². The highest BCUT2D eigenvalue weighted by atomic mass is 16.5. The topological polar surface area (TPSA) is 33.5 Å². The van der Waals surface area contributed by atoms with Crippen LogP contribution in [0.5, 0.6) is 5.75 Å². The fourth-order valence-electron chi connectivity index (χ4n) is 4.48. The largest absolute Gasteiger partial charge is 0.497 e. The molecule has 1 saturated heterocycles. The molecule has 0 amide bonds. The lowest BCUT2D eigenvalue weighted by Gasteiger charge is -2.35. The number of ether oxygens (including phenoxy) is 1. The molecule has 0 bridgehead atoms. The maximum atomic E-state index is 5.26. The molecular weight excluding hydrogens is 396 g/mol. The average Bonchev–Trinajstić information content (AvgIpc) is 3.22. The van der Waals surface area contributed by atoms with Gasteiger partial charge in [-0.3, -0.25) is 4.90 Å². The summed E-state index contributed by atoms with van der Waals surface area (Å²) < 4.78 is 7.64. The maximum absolute atomic E-state index is 5.26. The molecule has 0 spiro atoms. The molecule has 0 saturated carbocycles. The number of hydrogen-bond donors (Lipinski definition) is 0. The Kier molecular flexibility index (Phi) is 6.08. The van der Waals surface area contributed by atoms with Gasteiger partial charge in [-0.15, -0.1) is 0 Å². The number of nitrogens with zero attached hydrogens (tertiary/aromatic N) is 4. The van der Waals surface area contributed by atoms with Gasteiger partial charge >= 0.3 is 0 Å². The lowest BCUT2D eigenvalue weighted by molar-refractivity contribution is 0.259. The molecule has 1 fully saturated rings. The highest BCUT2D eigenvalue weighted by Crippen LogP contribution is 2.25. The number of benzene rings is 3. The van der Waals surface area contributed by atoms with Crippen molar-refractivity contribution in [2.45, 2.75) is 13.0 Å². The van der Waals surface area contributed by atoms with E-state index in [-0.39, 0.29) is 0 Å². The number of hydrogen-bond acceptors (Lipinski definition) is 4. The van der Waals surface area contributed by atoms with Gasteiger partial charge in [0, 0.05) is 32.7 Å². The van der Waals surface area contributed by atoms with Crippen LogP contribution in [0.4, 0.5) is 5.95 Å². The van der Waals surface area contributed by atoms with Crippen LogP contribution in [-0.4, -0.2) is 54.3 Å². The van der Waals surface area contributed by atoms with Gasteiger partial charge in [-0.25, -0.2) is 4.98 Å². The molecule has 1 aliphatic rings. The van der Waals surface area contributed by atoms with E-state index >= 15 is 0 Å². The lowest BCUT2D eigenvalue weighted by Crippen LogP contribution is -2.47. The van der Waals surface area contributed by atoms with Crippen molar-refractivity contribution < 1.29 is 4.74 Å². The number of para-hydroxylation sites is 2. The summed E-state index contributed by atoms with van der Waals surface area (Å²) >= 11 is 0. The van der Waals surface area contributed by atoms with Crippen molar-refractivity contribution in [2.24, 2.45) is 0 Å². The molecule has 0 aliphatic carbocycles. The minimum atomic E-state index is 0.842. The van der Waals surface area contributed by atoms with E-state index in [2.05, 4.69) is 81.1 Å². The summed E-state index contributed by atoms with van der Waals surface area (Å²) in [4.78, 5) is 10.0. The Balaban J connectivity index is 1.26. The Hall–Kier alpha value is -3.31. The van der Waals surface area contributed by atoms with E-state index in [1.165, 1.54) is 16.6 Å². The number of methoxy groups -OCH3 is 1. The molecule has 5 rings (SSSR count). The fourth-order valence-corrected chi connectivity index (χ4v) is 4.48. The van der Waals surface area contributed by atoms with Gasteiger partial charge in [-0.1, -0.05) is 54.6 Å². The normalized spacial score (nSPS) is 14.7. The van der Waals surface area contributed by atoms with Gasteiger partial charge in [0.1, 0.15) is 5.75 Å². The molecule has 0 atom stereocenters. The third-order valence-electron chi connectivity index (χ3n) is 6.35. The number of piperazine rings is 1. The number of fused-ring (bicyclic) bond motifs is 1. The molecule has 0 N–H and O–H groups in total. The van der Waals surface area contributed by atoms with E-state index in [0.717, 1.165) is 62.9 Å². The third kappa shape index (κ3) is 4.48. The Morgan fingerprint density at radius 2 is 1.50 bits per heavy atom. The average molecular weight is 427 g/mol. The van der Waals surface area contributed by atoms with E-state index in [1.54, 1.807) is 7.11 Å². The second kappa shape index (κ2) is 9.45. The van der Waals surface area contributed by atoms with Crippen LogP contribution in [0.2, 0.25) is 0 Å². The Bertz CT molecular complexity index is 1150. The zero-order valence-corrected chi connectivity index (χ0v) is 18.7. The van der Waals surface area contributed by atoms with Crippen LogP contribution in [0.1, 0.15) is 11.1 Å². The summed E-state index contributed by atoms with van der Waals surface area (Å²) in [6, 6.07) is 27.6. The molecule has 1 aromatic heterocycles. The molecule has 4 aromatic rings. The Morgan fingerprint density at radius 1 is 0.781 bits per heavy atom. The van der Waals surface area contributed by atoms with Crippen molar-refractivity contribution in [3.05, 3.63) is 90.0 Å². The first kappa shape index (κ1) is 20.6. The van der Waals surface area contributed by atoms with Crippen LogP contribution in [0.25, 0.3) is 11.0 Å². The summed E-state index contributed by atoms with van der Waals surface area (Å²) in [7, 11) is 1.71. The van der Waals surface area contributed by atoms with Crippen LogP contribution in [0.3, 0.4) is 0 Å². The minimum Gasteiger partial charge on any atom is -0.497 e. The monoisotopic (exact) mass is 426 g/mol. The number of aromatic nitrogens is 2. The Labute approximate surface area is 189 Å². The molecule has 0 radical (unpaired) electrons. The van der Waals surface area contributed by atoms with Gasteiger partial charge in [-0.05, 0) is 41.8 Å². The Morgan fingerprint density at radius 3 is 2.25 bits per heavy atom. The summed E-state index contributed by atoms with van der Waals surface area (Å²) in [5.41, 5.74) is 4.93. The van der Waals surface area contributed by atoms with Crippen LogP contribution in [0, 0.1) is 0 Å². The summed E-state index contributed by atoms with van der Waals surface area (Å²) in [6.07, 6.45) is 1.07. The first-order chi connectivity index (χ1) is 15.8. The van der Waals surface area contributed by atoms with Crippen molar-refractivity contribution in [3.8, 4) is 5.75 Å². The summed E-state index contributed by atoms with van der Waals surface area (Å²) in [5, 5.41) is 0. The first-order valence-electron chi connectivity index (χ1n) is 11.4. The van der Waals surface area contributed by atoms with E-state index in [1.807, 2.05) is 12.1 Å². The van der Waals surface area contributed by atoms with Crippen molar-refractivity contribution in [2.75, 3.05) is 44.7 Å². The maximum Gasteiger partial charge on any atom is 0.206 e. The molecule has 1 aliphatic heterocycles. The molecule has 0 unspecified atom stereocenters. The first-order valence-corrected chi connectivity index (χ1v) is 11.4.